The maximum absolute atomic E-state index is 12.1. The van der Waals surface area contributed by atoms with E-state index in [0.717, 1.165) is 25.8 Å². The molecular formula is C16H25N3O3. The lowest BCUT2D eigenvalue weighted by Gasteiger charge is -2.33. The maximum Gasteiger partial charge on any atom is 0.410 e. The normalized spacial score (nSPS) is 19.0. The standard InChI is InChI=1S/C16H25N3O3/c1-5-7-14-17-13(18-22-14)10-12-8-6-9-19(11-12)15(20)21-16(2,3)4/h5,12H,1,6-11H2,2-4H3. The molecule has 0 N–H and O–H groups in total. The summed E-state index contributed by atoms with van der Waals surface area (Å²) in [6.45, 7) is 10.7. The Hall–Kier alpha value is -1.85. The summed E-state index contributed by atoms with van der Waals surface area (Å²) in [5, 5.41) is 3.99. The van der Waals surface area contributed by atoms with Crippen LogP contribution in [-0.2, 0) is 17.6 Å². The van der Waals surface area contributed by atoms with E-state index in [1.165, 1.54) is 0 Å². The van der Waals surface area contributed by atoms with E-state index in [2.05, 4.69) is 16.7 Å². The molecule has 22 heavy (non-hydrogen) atoms. The summed E-state index contributed by atoms with van der Waals surface area (Å²) in [4.78, 5) is 18.3. The van der Waals surface area contributed by atoms with E-state index in [0.29, 0.717) is 30.6 Å². The fourth-order valence-electron chi connectivity index (χ4n) is 2.56. The second kappa shape index (κ2) is 6.94. The zero-order valence-electron chi connectivity index (χ0n) is 13.7. The minimum atomic E-state index is -0.461. The number of rotatable bonds is 4. The number of allylic oxidation sites excluding steroid dienone is 1. The summed E-state index contributed by atoms with van der Waals surface area (Å²) in [6, 6.07) is 0. The second-order valence-corrected chi connectivity index (χ2v) is 6.74. The van der Waals surface area contributed by atoms with E-state index in [1.807, 2.05) is 20.8 Å². The molecule has 2 rings (SSSR count). The zero-order chi connectivity index (χ0) is 16.2. The molecule has 1 fully saturated rings. The van der Waals surface area contributed by atoms with Crippen molar-refractivity contribution in [2.24, 2.45) is 5.92 Å². The molecule has 1 aromatic rings. The third kappa shape index (κ3) is 4.86. The average molecular weight is 307 g/mol. The lowest BCUT2D eigenvalue weighted by Crippen LogP contribution is -2.43. The molecule has 2 heterocycles. The van der Waals surface area contributed by atoms with Gasteiger partial charge in [-0.25, -0.2) is 4.79 Å². The van der Waals surface area contributed by atoms with Gasteiger partial charge in [-0.05, 0) is 39.5 Å². The highest BCUT2D eigenvalue weighted by molar-refractivity contribution is 5.68. The molecule has 1 aliphatic rings. The predicted octanol–water partition coefficient (Wildman–Crippen LogP) is 2.99. The highest BCUT2D eigenvalue weighted by Gasteiger charge is 2.28. The van der Waals surface area contributed by atoms with Gasteiger partial charge in [0.2, 0.25) is 5.89 Å². The summed E-state index contributed by atoms with van der Waals surface area (Å²) in [5.74, 6) is 1.63. The molecule has 0 aliphatic carbocycles. The van der Waals surface area contributed by atoms with Crippen LogP contribution in [0.25, 0.3) is 0 Å². The number of aromatic nitrogens is 2. The van der Waals surface area contributed by atoms with Crippen molar-refractivity contribution in [1.29, 1.82) is 0 Å². The maximum atomic E-state index is 12.1. The summed E-state index contributed by atoms with van der Waals surface area (Å²) in [6.07, 6.45) is 4.84. The number of hydrogen-bond acceptors (Lipinski definition) is 5. The molecule has 1 amide bonds. The van der Waals surface area contributed by atoms with Gasteiger partial charge in [0.05, 0.1) is 0 Å². The quantitative estimate of drug-likeness (QED) is 0.800. The van der Waals surface area contributed by atoms with E-state index < -0.39 is 5.60 Å². The van der Waals surface area contributed by atoms with Gasteiger partial charge in [0.1, 0.15) is 5.60 Å². The van der Waals surface area contributed by atoms with Crippen LogP contribution < -0.4 is 0 Å². The molecule has 1 saturated heterocycles. The number of amides is 1. The number of carbonyl (C=O) groups is 1. The first-order valence-electron chi connectivity index (χ1n) is 7.77. The molecule has 1 unspecified atom stereocenters. The van der Waals surface area contributed by atoms with Crippen molar-refractivity contribution in [1.82, 2.24) is 15.0 Å². The number of piperidine rings is 1. The Labute approximate surface area is 131 Å². The number of nitrogens with zero attached hydrogens (tertiary/aromatic N) is 3. The Morgan fingerprint density at radius 1 is 1.55 bits per heavy atom. The third-order valence-corrected chi connectivity index (χ3v) is 3.47. The number of carbonyl (C=O) groups excluding carboxylic acids is 1. The first-order chi connectivity index (χ1) is 10.4. The molecule has 6 nitrogen and oxygen atoms in total. The molecule has 0 spiro atoms. The molecule has 1 aliphatic heterocycles. The molecule has 1 atom stereocenters. The third-order valence-electron chi connectivity index (χ3n) is 3.47. The monoisotopic (exact) mass is 307 g/mol. The Bertz CT molecular complexity index is 519. The van der Waals surface area contributed by atoms with Crippen molar-refractivity contribution < 1.29 is 14.1 Å². The zero-order valence-corrected chi connectivity index (χ0v) is 13.7. The van der Waals surface area contributed by atoms with Gasteiger partial charge in [-0.3, -0.25) is 0 Å². The molecular weight excluding hydrogens is 282 g/mol. The fraction of sp³-hybridized carbons (Fsp3) is 0.688. The molecule has 0 saturated carbocycles. The minimum absolute atomic E-state index is 0.238. The van der Waals surface area contributed by atoms with E-state index in [9.17, 15) is 4.79 Å². The van der Waals surface area contributed by atoms with Crippen LogP contribution in [0.4, 0.5) is 4.79 Å². The Balaban J connectivity index is 1.89. The van der Waals surface area contributed by atoms with Crippen molar-refractivity contribution >= 4 is 6.09 Å². The van der Waals surface area contributed by atoms with Gasteiger partial charge in [-0.15, -0.1) is 6.58 Å². The molecule has 0 aromatic carbocycles. The Morgan fingerprint density at radius 2 is 2.32 bits per heavy atom. The van der Waals surface area contributed by atoms with Gasteiger partial charge < -0.3 is 14.2 Å². The van der Waals surface area contributed by atoms with E-state index >= 15 is 0 Å². The van der Waals surface area contributed by atoms with Gasteiger partial charge >= 0.3 is 6.09 Å². The van der Waals surface area contributed by atoms with Crippen LogP contribution in [0.3, 0.4) is 0 Å². The Kier molecular flexibility index (Phi) is 5.21. The SMILES string of the molecule is C=CCc1nc(CC2CCCN(C(=O)OC(C)(C)C)C2)no1. The van der Waals surface area contributed by atoms with Crippen molar-refractivity contribution in [2.45, 2.75) is 52.1 Å². The number of hydrogen-bond donors (Lipinski definition) is 0. The van der Waals surface area contributed by atoms with Crippen LogP contribution in [0.15, 0.2) is 17.2 Å². The lowest BCUT2D eigenvalue weighted by molar-refractivity contribution is 0.0165. The van der Waals surface area contributed by atoms with Crippen molar-refractivity contribution in [3.8, 4) is 0 Å². The number of ether oxygens (including phenoxy) is 1. The van der Waals surface area contributed by atoms with Crippen LogP contribution in [-0.4, -0.2) is 39.8 Å². The van der Waals surface area contributed by atoms with Gasteiger partial charge in [-0.2, -0.15) is 4.98 Å². The summed E-state index contributed by atoms with van der Waals surface area (Å²) >= 11 is 0. The van der Waals surface area contributed by atoms with Crippen molar-refractivity contribution in [2.75, 3.05) is 13.1 Å². The van der Waals surface area contributed by atoms with Crippen LogP contribution in [0.5, 0.6) is 0 Å². The highest BCUT2D eigenvalue weighted by atomic mass is 16.6. The molecule has 1 aromatic heterocycles. The summed E-state index contributed by atoms with van der Waals surface area (Å²) in [5.41, 5.74) is -0.461. The fourth-order valence-corrected chi connectivity index (χ4v) is 2.56. The van der Waals surface area contributed by atoms with Crippen LogP contribution >= 0.6 is 0 Å². The Morgan fingerprint density at radius 3 is 3.00 bits per heavy atom. The van der Waals surface area contributed by atoms with Gasteiger partial charge in [0.15, 0.2) is 5.82 Å². The van der Waals surface area contributed by atoms with Crippen LogP contribution in [0.2, 0.25) is 0 Å². The number of likely N-dealkylation sites (tertiary alicyclic amines) is 1. The second-order valence-electron chi connectivity index (χ2n) is 6.74. The van der Waals surface area contributed by atoms with Gasteiger partial charge in [0, 0.05) is 25.9 Å². The topological polar surface area (TPSA) is 68.5 Å². The first-order valence-corrected chi connectivity index (χ1v) is 7.77. The highest BCUT2D eigenvalue weighted by Crippen LogP contribution is 2.22. The van der Waals surface area contributed by atoms with E-state index in [-0.39, 0.29) is 6.09 Å². The van der Waals surface area contributed by atoms with Gasteiger partial charge in [0.25, 0.3) is 0 Å². The van der Waals surface area contributed by atoms with Crippen molar-refractivity contribution in [3.05, 3.63) is 24.4 Å². The van der Waals surface area contributed by atoms with Gasteiger partial charge in [-0.1, -0.05) is 11.2 Å². The lowest BCUT2D eigenvalue weighted by atomic mass is 9.95. The molecule has 0 radical (unpaired) electrons. The first kappa shape index (κ1) is 16.5. The van der Waals surface area contributed by atoms with Crippen LogP contribution in [0.1, 0.15) is 45.3 Å². The largest absolute Gasteiger partial charge is 0.444 e. The van der Waals surface area contributed by atoms with E-state index in [4.69, 9.17) is 9.26 Å². The minimum Gasteiger partial charge on any atom is -0.444 e. The smallest absolute Gasteiger partial charge is 0.410 e. The molecule has 0 bridgehead atoms. The molecule has 122 valence electrons. The summed E-state index contributed by atoms with van der Waals surface area (Å²) < 4.78 is 10.6. The predicted molar refractivity (Wildman–Crippen MR) is 82.4 cm³/mol. The summed E-state index contributed by atoms with van der Waals surface area (Å²) in [7, 11) is 0. The van der Waals surface area contributed by atoms with Crippen LogP contribution in [0, 0.1) is 5.92 Å². The van der Waals surface area contributed by atoms with E-state index in [1.54, 1.807) is 11.0 Å². The average Bonchev–Trinajstić information content (AvgIpc) is 2.85. The van der Waals surface area contributed by atoms with Crippen molar-refractivity contribution in [3.63, 3.8) is 0 Å². The molecule has 6 heteroatoms.